The van der Waals surface area contributed by atoms with Crippen LogP contribution in [0.5, 0.6) is 5.75 Å². The number of halogens is 3. The van der Waals surface area contributed by atoms with Gasteiger partial charge in [0.25, 0.3) is 0 Å². The third kappa shape index (κ3) is 4.65. The number of nitriles is 1. The minimum absolute atomic E-state index is 0.0382. The van der Waals surface area contributed by atoms with Crippen LogP contribution in [0.4, 0.5) is 13.2 Å². The second kappa shape index (κ2) is 8.23. The van der Waals surface area contributed by atoms with Crippen LogP contribution in [0, 0.1) is 11.3 Å². The molecule has 1 aromatic carbocycles. The molecule has 1 aromatic heterocycles. The average Bonchev–Trinajstić information content (AvgIpc) is 2.60. The zero-order valence-electron chi connectivity index (χ0n) is 13.6. The van der Waals surface area contributed by atoms with Gasteiger partial charge in [0, 0.05) is 29.4 Å². The van der Waals surface area contributed by atoms with Crippen molar-refractivity contribution in [3.8, 4) is 11.8 Å². The van der Waals surface area contributed by atoms with Crippen molar-refractivity contribution < 1.29 is 17.9 Å². The van der Waals surface area contributed by atoms with E-state index in [0.29, 0.717) is 10.5 Å². The van der Waals surface area contributed by atoms with E-state index in [1.165, 1.54) is 42.0 Å². The highest BCUT2D eigenvalue weighted by Crippen LogP contribution is 2.45. The third-order valence-electron chi connectivity index (χ3n) is 3.41. The van der Waals surface area contributed by atoms with Gasteiger partial charge in [-0.25, -0.2) is 4.31 Å². The molecule has 0 bridgehead atoms. The van der Waals surface area contributed by atoms with Gasteiger partial charge in [0.2, 0.25) is 0 Å². The van der Waals surface area contributed by atoms with Gasteiger partial charge in [0.05, 0.1) is 12.7 Å². The molecular weight excluding hydrogens is 351 g/mol. The van der Waals surface area contributed by atoms with Crippen LogP contribution in [0.15, 0.2) is 47.6 Å². The lowest BCUT2D eigenvalue weighted by Gasteiger charge is -2.32. The van der Waals surface area contributed by atoms with E-state index in [1.54, 1.807) is 19.1 Å². The minimum atomic E-state index is -4.50. The van der Waals surface area contributed by atoms with E-state index in [-0.39, 0.29) is 17.9 Å². The van der Waals surface area contributed by atoms with Gasteiger partial charge < -0.3 is 4.74 Å². The number of ether oxygens (including phenoxy) is 1. The molecule has 132 valence electrons. The number of methoxy groups -OCH3 is 1. The highest BCUT2D eigenvalue weighted by atomic mass is 32.2. The lowest BCUT2D eigenvalue weighted by atomic mass is 10.1. The van der Waals surface area contributed by atoms with Crippen LogP contribution in [0.2, 0.25) is 0 Å². The van der Waals surface area contributed by atoms with E-state index in [9.17, 15) is 13.2 Å². The van der Waals surface area contributed by atoms with E-state index in [4.69, 9.17) is 10.00 Å². The summed E-state index contributed by atoms with van der Waals surface area (Å²) >= 11 is 0.911. The molecule has 0 saturated heterocycles. The number of pyridine rings is 1. The lowest BCUT2D eigenvalue weighted by molar-refractivity contribution is -0.172. The molecule has 0 amide bonds. The fourth-order valence-electron chi connectivity index (χ4n) is 2.35. The second-order valence-electron chi connectivity index (χ2n) is 5.03. The zero-order chi connectivity index (χ0) is 18.4. The molecule has 0 saturated carbocycles. The Morgan fingerprint density at radius 2 is 2.04 bits per heavy atom. The number of aromatic nitrogens is 1. The molecule has 0 spiro atoms. The molecule has 2 aromatic rings. The maximum Gasteiger partial charge on any atom is 0.409 e. The third-order valence-corrected chi connectivity index (χ3v) is 4.55. The molecule has 0 aliphatic rings. The number of nitrogens with zero attached hydrogens (tertiary/aromatic N) is 3. The smallest absolute Gasteiger partial charge is 0.409 e. The Balaban J connectivity index is 2.42. The van der Waals surface area contributed by atoms with Gasteiger partial charge in [0.15, 0.2) is 0 Å². The first kappa shape index (κ1) is 19.1. The minimum Gasteiger partial charge on any atom is -0.496 e. The molecule has 1 unspecified atom stereocenters. The van der Waals surface area contributed by atoms with Gasteiger partial charge >= 0.3 is 6.18 Å². The van der Waals surface area contributed by atoms with Gasteiger partial charge in [-0.3, -0.25) is 4.98 Å². The van der Waals surface area contributed by atoms with Crippen molar-refractivity contribution in [2.75, 3.05) is 13.7 Å². The van der Waals surface area contributed by atoms with Crippen LogP contribution in [0.3, 0.4) is 0 Å². The van der Waals surface area contributed by atoms with Crippen LogP contribution in [0.25, 0.3) is 0 Å². The SMILES string of the molecule is CCN(Sc1cncc(C#N)c1)C(c1ccccc1OC)C(F)(F)F. The normalized spacial score (nSPS) is 12.7. The number of rotatable bonds is 6. The molecule has 8 heteroatoms. The predicted molar refractivity (Wildman–Crippen MR) is 89.0 cm³/mol. The van der Waals surface area contributed by atoms with E-state index in [2.05, 4.69) is 4.98 Å². The Morgan fingerprint density at radius 3 is 2.64 bits per heavy atom. The molecule has 2 rings (SSSR count). The molecule has 0 aliphatic heterocycles. The monoisotopic (exact) mass is 367 g/mol. The first-order valence-electron chi connectivity index (χ1n) is 7.40. The van der Waals surface area contributed by atoms with Crippen molar-refractivity contribution >= 4 is 11.9 Å². The molecule has 0 radical (unpaired) electrons. The van der Waals surface area contributed by atoms with Gasteiger partial charge in [-0.1, -0.05) is 25.1 Å². The Kier molecular flexibility index (Phi) is 6.28. The summed E-state index contributed by atoms with van der Waals surface area (Å²) in [6, 6.07) is 7.67. The summed E-state index contributed by atoms with van der Waals surface area (Å²) in [5.74, 6) is 0.174. The van der Waals surface area contributed by atoms with E-state index < -0.39 is 12.2 Å². The van der Waals surface area contributed by atoms with Crippen LogP contribution < -0.4 is 4.74 Å². The van der Waals surface area contributed by atoms with Gasteiger partial charge in [-0.05, 0) is 24.1 Å². The van der Waals surface area contributed by atoms with Gasteiger partial charge in [0.1, 0.15) is 17.9 Å². The maximum atomic E-state index is 13.8. The van der Waals surface area contributed by atoms with Crippen molar-refractivity contribution in [3.63, 3.8) is 0 Å². The summed E-state index contributed by atoms with van der Waals surface area (Å²) in [5, 5.41) is 8.93. The summed E-state index contributed by atoms with van der Waals surface area (Å²) in [6.45, 7) is 1.77. The maximum absolute atomic E-state index is 13.8. The second-order valence-corrected chi connectivity index (χ2v) is 6.15. The Hall–Kier alpha value is -2.24. The van der Waals surface area contributed by atoms with Crippen molar-refractivity contribution in [2.24, 2.45) is 0 Å². The van der Waals surface area contributed by atoms with Gasteiger partial charge in [-0.15, -0.1) is 0 Å². The highest BCUT2D eigenvalue weighted by Gasteiger charge is 2.46. The summed E-state index contributed by atoms with van der Waals surface area (Å²) in [6.07, 6.45) is -1.70. The molecule has 0 aliphatic carbocycles. The molecule has 0 fully saturated rings. The van der Waals surface area contributed by atoms with E-state index in [0.717, 1.165) is 11.9 Å². The van der Waals surface area contributed by atoms with Crippen molar-refractivity contribution in [1.29, 1.82) is 5.26 Å². The highest BCUT2D eigenvalue weighted by molar-refractivity contribution is 7.97. The fourth-order valence-corrected chi connectivity index (χ4v) is 3.38. The largest absolute Gasteiger partial charge is 0.496 e. The van der Waals surface area contributed by atoms with E-state index in [1.807, 2.05) is 6.07 Å². The molecular formula is C17H16F3N3OS. The number of benzene rings is 1. The predicted octanol–water partition coefficient (Wildman–Crippen LogP) is 4.59. The number of para-hydroxylation sites is 1. The zero-order valence-corrected chi connectivity index (χ0v) is 14.4. The molecule has 4 nitrogen and oxygen atoms in total. The molecule has 25 heavy (non-hydrogen) atoms. The molecule has 1 atom stereocenters. The van der Waals surface area contributed by atoms with Crippen LogP contribution in [-0.2, 0) is 0 Å². The first-order valence-corrected chi connectivity index (χ1v) is 8.17. The summed E-state index contributed by atoms with van der Waals surface area (Å²) in [7, 11) is 1.34. The lowest BCUT2D eigenvalue weighted by Crippen LogP contribution is -2.34. The summed E-state index contributed by atoms with van der Waals surface area (Å²) in [5.41, 5.74) is 0.332. The Labute approximate surface area is 148 Å². The van der Waals surface area contributed by atoms with Crippen LogP contribution in [-0.4, -0.2) is 29.1 Å². The summed E-state index contributed by atoms with van der Waals surface area (Å²) < 4.78 is 47.8. The van der Waals surface area contributed by atoms with Gasteiger partial charge in [-0.2, -0.15) is 18.4 Å². The van der Waals surface area contributed by atoms with Crippen molar-refractivity contribution in [1.82, 2.24) is 9.29 Å². The van der Waals surface area contributed by atoms with Crippen LogP contribution >= 0.6 is 11.9 Å². The topological polar surface area (TPSA) is 49.2 Å². The number of hydrogen-bond acceptors (Lipinski definition) is 5. The fraction of sp³-hybridized carbons (Fsp3) is 0.294. The standard InChI is InChI=1S/C17H16F3N3OS/c1-3-23(25-13-8-12(9-21)10-22-11-13)16(17(18,19)20)14-6-4-5-7-15(14)24-2/h4-8,10-11,16H,3H2,1-2H3. The van der Waals surface area contributed by atoms with Crippen molar-refractivity contribution in [2.45, 2.75) is 24.0 Å². The molecule has 0 N–H and O–H groups in total. The summed E-state index contributed by atoms with van der Waals surface area (Å²) in [4.78, 5) is 4.36. The van der Waals surface area contributed by atoms with Crippen LogP contribution in [0.1, 0.15) is 24.1 Å². The Morgan fingerprint density at radius 1 is 1.32 bits per heavy atom. The van der Waals surface area contributed by atoms with Crippen molar-refractivity contribution in [3.05, 3.63) is 53.9 Å². The first-order chi connectivity index (χ1) is 11.9. The molecule has 1 heterocycles. The quantitative estimate of drug-likeness (QED) is 0.699. The number of hydrogen-bond donors (Lipinski definition) is 0. The average molecular weight is 367 g/mol. The van der Waals surface area contributed by atoms with E-state index >= 15 is 0 Å². The Bertz CT molecular complexity index is 761. The number of alkyl halides is 3.